The molecule has 0 saturated heterocycles. The van der Waals surface area contributed by atoms with Crippen LogP contribution in [-0.4, -0.2) is 19.2 Å². The van der Waals surface area contributed by atoms with Gasteiger partial charge in [0.05, 0.1) is 24.2 Å². The average molecular weight is 347 g/mol. The first-order chi connectivity index (χ1) is 10.2. The summed E-state index contributed by atoms with van der Waals surface area (Å²) < 4.78 is 5.99. The highest BCUT2D eigenvalue weighted by Gasteiger charge is 2.02. The molecule has 2 aromatic rings. The molecule has 0 fully saturated rings. The van der Waals surface area contributed by atoms with Gasteiger partial charge in [0.2, 0.25) is 5.91 Å². The summed E-state index contributed by atoms with van der Waals surface area (Å²) in [7, 11) is 1.61. The fourth-order valence-electron chi connectivity index (χ4n) is 1.76. The maximum Gasteiger partial charge on any atom is 0.244 e. The van der Waals surface area contributed by atoms with Crippen LogP contribution in [0.25, 0.3) is 0 Å². The third-order valence-electron chi connectivity index (χ3n) is 2.79. The zero-order valence-corrected chi connectivity index (χ0v) is 13.1. The Balaban J connectivity index is 1.90. The molecule has 0 aliphatic carbocycles. The number of methoxy groups -OCH3 is 1. The van der Waals surface area contributed by atoms with E-state index in [0.29, 0.717) is 6.42 Å². The highest BCUT2D eigenvalue weighted by atomic mass is 79.9. The highest BCUT2D eigenvalue weighted by Crippen LogP contribution is 2.24. The van der Waals surface area contributed by atoms with Crippen LogP contribution in [0.4, 0.5) is 0 Å². The second-order valence-corrected chi connectivity index (χ2v) is 5.20. The number of rotatable bonds is 5. The molecule has 0 aliphatic heterocycles. The smallest absolute Gasteiger partial charge is 0.244 e. The minimum absolute atomic E-state index is 0.148. The Morgan fingerprint density at radius 2 is 2.05 bits per heavy atom. The van der Waals surface area contributed by atoms with Crippen molar-refractivity contribution < 1.29 is 9.53 Å². The van der Waals surface area contributed by atoms with Crippen LogP contribution in [0.1, 0.15) is 11.1 Å². The number of ether oxygens (including phenoxy) is 1. The molecule has 0 unspecified atom stereocenters. The first-order valence-electron chi connectivity index (χ1n) is 6.38. The summed E-state index contributed by atoms with van der Waals surface area (Å²) in [6.07, 6.45) is 1.90. The number of benzene rings is 2. The molecule has 0 heterocycles. The Labute approximate surface area is 132 Å². The standard InChI is InChI=1S/C16H15BrN2O2/c1-21-15-8-7-13(9-14(15)17)11-18-19-16(20)10-12-5-3-2-4-6-12/h2-9,11H,10H2,1H3,(H,19,20). The van der Waals surface area contributed by atoms with Crippen LogP contribution in [0.3, 0.4) is 0 Å². The van der Waals surface area contributed by atoms with Crippen LogP contribution in [0.5, 0.6) is 5.75 Å². The van der Waals surface area contributed by atoms with Crippen molar-refractivity contribution >= 4 is 28.1 Å². The fourth-order valence-corrected chi connectivity index (χ4v) is 2.32. The van der Waals surface area contributed by atoms with E-state index in [1.54, 1.807) is 13.3 Å². The maximum atomic E-state index is 11.7. The number of halogens is 1. The number of carbonyl (C=O) groups is 1. The molecule has 1 amide bonds. The third-order valence-corrected chi connectivity index (χ3v) is 3.41. The lowest BCUT2D eigenvalue weighted by atomic mass is 10.1. The zero-order chi connectivity index (χ0) is 15.1. The van der Waals surface area contributed by atoms with E-state index >= 15 is 0 Å². The molecular formula is C16H15BrN2O2. The second-order valence-electron chi connectivity index (χ2n) is 4.35. The van der Waals surface area contributed by atoms with Gasteiger partial charge in [-0.1, -0.05) is 30.3 Å². The lowest BCUT2D eigenvalue weighted by Gasteiger charge is -2.03. The summed E-state index contributed by atoms with van der Waals surface area (Å²) in [5.74, 6) is 0.602. The summed E-state index contributed by atoms with van der Waals surface area (Å²) in [5, 5.41) is 3.95. The van der Waals surface area contributed by atoms with Gasteiger partial charge in [0.25, 0.3) is 0 Å². The van der Waals surface area contributed by atoms with Crippen LogP contribution in [0, 0.1) is 0 Å². The van der Waals surface area contributed by atoms with Gasteiger partial charge in [-0.05, 0) is 45.3 Å². The molecule has 1 N–H and O–H groups in total. The van der Waals surface area contributed by atoms with E-state index in [0.717, 1.165) is 21.3 Å². The molecule has 108 valence electrons. The van der Waals surface area contributed by atoms with Gasteiger partial charge in [0.15, 0.2) is 0 Å². The molecule has 5 heteroatoms. The van der Waals surface area contributed by atoms with Crippen molar-refractivity contribution in [1.29, 1.82) is 0 Å². The Hall–Kier alpha value is -2.14. The van der Waals surface area contributed by atoms with Crippen molar-refractivity contribution in [3.8, 4) is 5.75 Å². The lowest BCUT2D eigenvalue weighted by Crippen LogP contribution is -2.19. The molecule has 0 spiro atoms. The Morgan fingerprint density at radius 1 is 1.29 bits per heavy atom. The summed E-state index contributed by atoms with van der Waals surface area (Å²) in [6, 6.07) is 15.1. The Kier molecular flexibility index (Phi) is 5.51. The Morgan fingerprint density at radius 3 is 2.71 bits per heavy atom. The summed E-state index contributed by atoms with van der Waals surface area (Å²) in [4.78, 5) is 11.7. The van der Waals surface area contributed by atoms with Gasteiger partial charge in [-0.15, -0.1) is 0 Å². The van der Waals surface area contributed by atoms with Crippen LogP contribution >= 0.6 is 15.9 Å². The number of nitrogens with one attached hydrogen (secondary N) is 1. The SMILES string of the molecule is COc1ccc(C=NNC(=O)Cc2ccccc2)cc1Br. The summed E-state index contributed by atoms with van der Waals surface area (Å²) in [6.45, 7) is 0. The van der Waals surface area contributed by atoms with Crippen LogP contribution in [0.2, 0.25) is 0 Å². The van der Waals surface area contributed by atoms with Crippen molar-refractivity contribution in [1.82, 2.24) is 5.43 Å². The molecule has 2 aromatic carbocycles. The third kappa shape index (κ3) is 4.72. The van der Waals surface area contributed by atoms with Gasteiger partial charge in [0, 0.05) is 0 Å². The minimum Gasteiger partial charge on any atom is -0.496 e. The maximum absolute atomic E-state index is 11.7. The summed E-state index contributed by atoms with van der Waals surface area (Å²) >= 11 is 3.40. The normalized spacial score (nSPS) is 10.6. The van der Waals surface area contributed by atoms with E-state index in [-0.39, 0.29) is 5.91 Å². The number of nitrogens with zero attached hydrogens (tertiary/aromatic N) is 1. The van der Waals surface area contributed by atoms with Crippen molar-refractivity contribution in [2.24, 2.45) is 5.10 Å². The first kappa shape index (κ1) is 15.3. The molecular weight excluding hydrogens is 332 g/mol. The second kappa shape index (κ2) is 7.59. The molecule has 0 bridgehead atoms. The topological polar surface area (TPSA) is 50.7 Å². The van der Waals surface area contributed by atoms with Crippen molar-refractivity contribution in [3.05, 3.63) is 64.1 Å². The molecule has 0 aliphatic rings. The number of hydrazone groups is 1. The molecule has 0 saturated carbocycles. The van der Waals surface area contributed by atoms with E-state index < -0.39 is 0 Å². The summed E-state index contributed by atoms with van der Waals surface area (Å²) in [5.41, 5.74) is 4.33. The van der Waals surface area contributed by atoms with E-state index in [1.807, 2.05) is 48.5 Å². The number of carbonyl (C=O) groups excluding carboxylic acids is 1. The zero-order valence-electron chi connectivity index (χ0n) is 11.5. The van der Waals surface area contributed by atoms with Crippen molar-refractivity contribution in [3.63, 3.8) is 0 Å². The monoisotopic (exact) mass is 346 g/mol. The van der Waals surface area contributed by atoms with Gasteiger partial charge in [0.1, 0.15) is 5.75 Å². The van der Waals surface area contributed by atoms with E-state index in [9.17, 15) is 4.79 Å². The fraction of sp³-hybridized carbons (Fsp3) is 0.125. The molecule has 0 aromatic heterocycles. The molecule has 21 heavy (non-hydrogen) atoms. The predicted molar refractivity (Wildman–Crippen MR) is 86.6 cm³/mol. The van der Waals surface area contributed by atoms with Crippen molar-refractivity contribution in [2.75, 3.05) is 7.11 Å². The van der Waals surface area contributed by atoms with Crippen LogP contribution in [0.15, 0.2) is 58.1 Å². The van der Waals surface area contributed by atoms with Gasteiger partial charge < -0.3 is 4.74 Å². The highest BCUT2D eigenvalue weighted by molar-refractivity contribution is 9.10. The molecule has 2 rings (SSSR count). The van der Waals surface area contributed by atoms with Gasteiger partial charge in [-0.25, -0.2) is 5.43 Å². The Bertz CT molecular complexity index is 642. The van der Waals surface area contributed by atoms with Gasteiger partial charge in [-0.3, -0.25) is 4.79 Å². The van der Waals surface area contributed by atoms with Crippen LogP contribution < -0.4 is 10.2 Å². The average Bonchev–Trinajstić information content (AvgIpc) is 2.48. The van der Waals surface area contributed by atoms with Crippen LogP contribution in [-0.2, 0) is 11.2 Å². The van der Waals surface area contributed by atoms with Gasteiger partial charge in [-0.2, -0.15) is 5.10 Å². The molecule has 4 nitrogen and oxygen atoms in total. The van der Waals surface area contributed by atoms with Crippen molar-refractivity contribution in [2.45, 2.75) is 6.42 Å². The number of amides is 1. The molecule has 0 atom stereocenters. The quantitative estimate of drug-likeness (QED) is 0.667. The lowest BCUT2D eigenvalue weighted by molar-refractivity contribution is -0.120. The molecule has 0 radical (unpaired) electrons. The van der Waals surface area contributed by atoms with E-state index in [1.165, 1.54) is 0 Å². The van der Waals surface area contributed by atoms with Gasteiger partial charge >= 0.3 is 0 Å². The number of hydrogen-bond acceptors (Lipinski definition) is 3. The predicted octanol–water partition coefficient (Wildman–Crippen LogP) is 3.15. The number of hydrogen-bond donors (Lipinski definition) is 1. The minimum atomic E-state index is -0.148. The largest absolute Gasteiger partial charge is 0.496 e. The van der Waals surface area contributed by atoms with E-state index in [4.69, 9.17) is 4.74 Å². The van der Waals surface area contributed by atoms with E-state index in [2.05, 4.69) is 26.5 Å². The first-order valence-corrected chi connectivity index (χ1v) is 7.17.